The van der Waals surface area contributed by atoms with E-state index < -0.39 is 23.6 Å². The predicted molar refractivity (Wildman–Crippen MR) is 68.9 cm³/mol. The lowest BCUT2D eigenvalue weighted by Gasteiger charge is -2.27. The highest BCUT2D eigenvalue weighted by molar-refractivity contribution is 5.75. The van der Waals surface area contributed by atoms with Gasteiger partial charge in [-0.1, -0.05) is 26.3 Å². The van der Waals surface area contributed by atoms with E-state index in [1.807, 2.05) is 13.8 Å². The molecule has 1 atom stereocenters. The van der Waals surface area contributed by atoms with Gasteiger partial charge in [-0.25, -0.2) is 8.78 Å². The number of rotatable bonds is 7. The summed E-state index contributed by atoms with van der Waals surface area (Å²) in [6.45, 7) is 5.02. The summed E-state index contributed by atoms with van der Waals surface area (Å²) in [5.41, 5.74) is 0.268. The number of benzene rings is 1. The minimum atomic E-state index is -1.05. The van der Waals surface area contributed by atoms with Crippen LogP contribution in [0.3, 0.4) is 0 Å². The molecule has 0 heterocycles. The number of carboxylic acids is 1. The first-order valence-corrected chi connectivity index (χ1v) is 6.43. The van der Waals surface area contributed by atoms with Crippen LogP contribution in [0.2, 0.25) is 0 Å². The van der Waals surface area contributed by atoms with Crippen molar-refractivity contribution in [3.8, 4) is 0 Å². The third kappa shape index (κ3) is 3.99. The molecule has 3 nitrogen and oxygen atoms in total. The standard InChI is InChI=1S/C14H19F2NO2/c1-3-5-8-17(4-2)13(14(18)19)10-6-7-11(15)12(16)9-10/h6-7,9,13H,3-5,8H2,1-2H3,(H,18,19). The number of carbonyl (C=O) groups is 1. The fraction of sp³-hybridized carbons (Fsp3) is 0.500. The van der Waals surface area contributed by atoms with Gasteiger partial charge in [0.05, 0.1) is 0 Å². The molecule has 0 aliphatic heterocycles. The zero-order valence-electron chi connectivity index (χ0n) is 11.2. The van der Waals surface area contributed by atoms with E-state index in [9.17, 15) is 18.7 Å². The van der Waals surface area contributed by atoms with Crippen molar-refractivity contribution < 1.29 is 18.7 Å². The highest BCUT2D eigenvalue weighted by atomic mass is 19.2. The fourth-order valence-corrected chi connectivity index (χ4v) is 2.02. The number of hydrogen-bond donors (Lipinski definition) is 1. The van der Waals surface area contributed by atoms with Gasteiger partial charge in [0.25, 0.3) is 0 Å². The third-order valence-electron chi connectivity index (χ3n) is 3.06. The van der Waals surface area contributed by atoms with Crippen molar-refractivity contribution in [1.29, 1.82) is 0 Å². The first-order valence-electron chi connectivity index (χ1n) is 6.43. The van der Waals surface area contributed by atoms with E-state index in [2.05, 4.69) is 0 Å². The number of likely N-dealkylation sites (N-methyl/N-ethyl adjacent to an activating group) is 1. The smallest absolute Gasteiger partial charge is 0.325 e. The topological polar surface area (TPSA) is 40.5 Å². The molecule has 1 N–H and O–H groups in total. The third-order valence-corrected chi connectivity index (χ3v) is 3.06. The van der Waals surface area contributed by atoms with Gasteiger partial charge < -0.3 is 5.11 Å². The van der Waals surface area contributed by atoms with Crippen molar-refractivity contribution >= 4 is 5.97 Å². The molecule has 1 aromatic rings. The Morgan fingerprint density at radius 3 is 2.47 bits per heavy atom. The molecule has 5 heteroatoms. The van der Waals surface area contributed by atoms with Crippen molar-refractivity contribution in [2.45, 2.75) is 32.7 Å². The van der Waals surface area contributed by atoms with Crippen molar-refractivity contribution in [2.24, 2.45) is 0 Å². The molecule has 1 aromatic carbocycles. The summed E-state index contributed by atoms with van der Waals surface area (Å²) in [4.78, 5) is 13.2. The average Bonchev–Trinajstić information content (AvgIpc) is 2.37. The van der Waals surface area contributed by atoms with Gasteiger partial charge >= 0.3 is 5.97 Å². The average molecular weight is 271 g/mol. The van der Waals surface area contributed by atoms with Gasteiger partial charge in [0.2, 0.25) is 0 Å². The minimum absolute atomic E-state index is 0.268. The maximum atomic E-state index is 13.2. The van der Waals surface area contributed by atoms with E-state index in [4.69, 9.17) is 0 Å². The van der Waals surface area contributed by atoms with Crippen LogP contribution in [0.1, 0.15) is 38.3 Å². The van der Waals surface area contributed by atoms with E-state index in [1.54, 1.807) is 4.90 Å². The Morgan fingerprint density at radius 1 is 1.32 bits per heavy atom. The molecule has 0 aliphatic rings. The Hall–Kier alpha value is -1.49. The molecule has 0 aliphatic carbocycles. The van der Waals surface area contributed by atoms with Crippen LogP contribution < -0.4 is 0 Å². The minimum Gasteiger partial charge on any atom is -0.480 e. The van der Waals surface area contributed by atoms with E-state index in [-0.39, 0.29) is 5.56 Å². The number of aliphatic carboxylic acids is 1. The number of carboxylic acid groups (broad SMARTS) is 1. The molecule has 0 saturated carbocycles. The molecule has 0 bridgehead atoms. The molecule has 0 amide bonds. The summed E-state index contributed by atoms with van der Waals surface area (Å²) < 4.78 is 26.1. The summed E-state index contributed by atoms with van der Waals surface area (Å²) in [6, 6.07) is 2.31. The highest BCUT2D eigenvalue weighted by Gasteiger charge is 2.26. The van der Waals surface area contributed by atoms with Crippen molar-refractivity contribution in [3.63, 3.8) is 0 Å². The molecule has 0 saturated heterocycles. The van der Waals surface area contributed by atoms with Crippen LogP contribution in [0.5, 0.6) is 0 Å². The van der Waals surface area contributed by atoms with Gasteiger partial charge in [-0.2, -0.15) is 0 Å². The lowest BCUT2D eigenvalue weighted by molar-refractivity contribution is -0.143. The van der Waals surface area contributed by atoms with Crippen molar-refractivity contribution in [3.05, 3.63) is 35.4 Å². The summed E-state index contributed by atoms with van der Waals surface area (Å²) in [6.07, 6.45) is 1.81. The monoisotopic (exact) mass is 271 g/mol. The van der Waals surface area contributed by atoms with Crippen LogP contribution in [0.15, 0.2) is 18.2 Å². The predicted octanol–water partition coefficient (Wildman–Crippen LogP) is 3.21. The molecule has 1 rings (SSSR count). The number of nitrogens with zero attached hydrogens (tertiary/aromatic N) is 1. The van der Waals surface area contributed by atoms with Gasteiger partial charge in [-0.05, 0) is 37.2 Å². The molecule has 0 spiro atoms. The molecule has 1 unspecified atom stereocenters. The van der Waals surface area contributed by atoms with Gasteiger partial charge in [-0.15, -0.1) is 0 Å². The Morgan fingerprint density at radius 2 is 2.00 bits per heavy atom. The van der Waals surface area contributed by atoms with Crippen LogP contribution in [-0.4, -0.2) is 29.1 Å². The second-order valence-electron chi connectivity index (χ2n) is 4.40. The van der Waals surface area contributed by atoms with Gasteiger partial charge in [0, 0.05) is 0 Å². The number of halogens is 2. The molecular formula is C14H19F2NO2. The van der Waals surface area contributed by atoms with E-state index in [0.29, 0.717) is 13.1 Å². The van der Waals surface area contributed by atoms with Gasteiger partial charge in [-0.3, -0.25) is 9.69 Å². The molecule has 106 valence electrons. The Labute approximate surface area is 111 Å². The zero-order chi connectivity index (χ0) is 14.4. The fourth-order valence-electron chi connectivity index (χ4n) is 2.02. The highest BCUT2D eigenvalue weighted by Crippen LogP contribution is 2.23. The maximum absolute atomic E-state index is 13.2. The molecule has 0 fully saturated rings. The summed E-state index contributed by atoms with van der Waals surface area (Å²) >= 11 is 0. The molecule has 0 radical (unpaired) electrons. The SMILES string of the molecule is CCCCN(CC)C(C(=O)O)c1ccc(F)c(F)c1. The Balaban J connectivity index is 3.04. The van der Waals surface area contributed by atoms with Crippen molar-refractivity contribution in [1.82, 2.24) is 4.90 Å². The first kappa shape index (κ1) is 15.6. The normalized spacial score (nSPS) is 12.7. The Bertz CT molecular complexity index is 437. The quantitative estimate of drug-likeness (QED) is 0.827. The van der Waals surface area contributed by atoms with Crippen LogP contribution in [0, 0.1) is 11.6 Å². The summed E-state index contributed by atoms with van der Waals surface area (Å²) in [7, 11) is 0. The first-order chi connectivity index (χ1) is 9.01. The van der Waals surface area contributed by atoms with E-state index in [1.165, 1.54) is 6.07 Å². The van der Waals surface area contributed by atoms with Crippen LogP contribution >= 0.6 is 0 Å². The number of hydrogen-bond acceptors (Lipinski definition) is 2. The maximum Gasteiger partial charge on any atom is 0.325 e. The lowest BCUT2D eigenvalue weighted by atomic mass is 10.0. The van der Waals surface area contributed by atoms with Gasteiger partial charge in [0.15, 0.2) is 11.6 Å². The van der Waals surface area contributed by atoms with E-state index in [0.717, 1.165) is 25.0 Å². The number of unbranched alkanes of at least 4 members (excludes halogenated alkanes) is 1. The molecule has 0 aromatic heterocycles. The van der Waals surface area contributed by atoms with Crippen LogP contribution in [0.4, 0.5) is 8.78 Å². The van der Waals surface area contributed by atoms with Crippen LogP contribution in [-0.2, 0) is 4.79 Å². The summed E-state index contributed by atoms with van der Waals surface area (Å²) in [5.74, 6) is -3.04. The van der Waals surface area contributed by atoms with E-state index >= 15 is 0 Å². The lowest BCUT2D eigenvalue weighted by Crippen LogP contribution is -2.34. The second kappa shape index (κ2) is 7.19. The van der Waals surface area contributed by atoms with Crippen LogP contribution in [0.25, 0.3) is 0 Å². The molecule has 19 heavy (non-hydrogen) atoms. The second-order valence-corrected chi connectivity index (χ2v) is 4.40. The Kier molecular flexibility index (Phi) is 5.89. The van der Waals surface area contributed by atoms with Crippen molar-refractivity contribution in [2.75, 3.05) is 13.1 Å². The zero-order valence-corrected chi connectivity index (χ0v) is 11.2. The summed E-state index contributed by atoms with van der Waals surface area (Å²) in [5, 5.41) is 9.33. The van der Waals surface area contributed by atoms with Gasteiger partial charge in [0.1, 0.15) is 6.04 Å². The largest absolute Gasteiger partial charge is 0.480 e. The molecular weight excluding hydrogens is 252 g/mol.